The van der Waals surface area contributed by atoms with Gasteiger partial charge in [0.25, 0.3) is 5.91 Å². The van der Waals surface area contributed by atoms with Gasteiger partial charge in [0.1, 0.15) is 0 Å². The number of rotatable bonds is 3. The van der Waals surface area contributed by atoms with Crippen LogP contribution in [0.1, 0.15) is 46.3 Å². The lowest BCUT2D eigenvalue weighted by atomic mass is 10.1. The van der Waals surface area contributed by atoms with Gasteiger partial charge in [-0.25, -0.2) is 0 Å². The van der Waals surface area contributed by atoms with Gasteiger partial charge in [-0.3, -0.25) is 4.79 Å². The Morgan fingerprint density at radius 3 is 3.11 bits per heavy atom. The molecule has 1 amide bonds. The minimum atomic E-state index is 0.0670. The Kier molecular flexibility index (Phi) is 3.39. The molecule has 2 atom stereocenters. The molecule has 0 radical (unpaired) electrons. The monoisotopic (exact) mass is 265 g/mol. The number of nitrogens with one attached hydrogen (secondary N) is 1. The molecule has 1 aliphatic heterocycles. The van der Waals surface area contributed by atoms with E-state index < -0.39 is 0 Å². The third-order valence-corrected chi connectivity index (χ3v) is 5.09. The molecule has 1 aromatic rings. The van der Waals surface area contributed by atoms with Crippen LogP contribution in [0.4, 0.5) is 0 Å². The second-order valence-electron chi connectivity index (χ2n) is 5.23. The molecule has 4 heteroatoms. The first-order chi connectivity index (χ1) is 8.74. The SMILES string of the molecule is C[C@H](NC(=O)c1cc2c(s1)CCC2)[C@H]1CCCO1. The van der Waals surface area contributed by atoms with Crippen LogP contribution in [-0.2, 0) is 17.6 Å². The highest BCUT2D eigenvalue weighted by Crippen LogP contribution is 2.30. The zero-order chi connectivity index (χ0) is 12.5. The molecule has 0 bridgehead atoms. The number of fused-ring (bicyclic) bond motifs is 1. The van der Waals surface area contributed by atoms with Crippen molar-refractivity contribution in [2.75, 3.05) is 6.61 Å². The lowest BCUT2D eigenvalue weighted by Gasteiger charge is -2.19. The van der Waals surface area contributed by atoms with Gasteiger partial charge < -0.3 is 10.1 Å². The van der Waals surface area contributed by atoms with Gasteiger partial charge in [0.05, 0.1) is 17.0 Å². The minimum absolute atomic E-state index is 0.0670. The summed E-state index contributed by atoms with van der Waals surface area (Å²) >= 11 is 1.66. The van der Waals surface area contributed by atoms with Gasteiger partial charge in [0, 0.05) is 11.5 Å². The van der Waals surface area contributed by atoms with Crippen LogP contribution in [0.3, 0.4) is 0 Å². The van der Waals surface area contributed by atoms with Crippen molar-refractivity contribution in [1.29, 1.82) is 0 Å². The molecule has 1 aliphatic carbocycles. The Morgan fingerprint density at radius 1 is 1.50 bits per heavy atom. The van der Waals surface area contributed by atoms with E-state index in [4.69, 9.17) is 4.74 Å². The predicted molar refractivity (Wildman–Crippen MR) is 72.2 cm³/mol. The molecular weight excluding hydrogens is 246 g/mol. The van der Waals surface area contributed by atoms with Crippen LogP contribution in [0.25, 0.3) is 0 Å². The zero-order valence-electron chi connectivity index (χ0n) is 10.7. The van der Waals surface area contributed by atoms with Crippen LogP contribution >= 0.6 is 11.3 Å². The Balaban J connectivity index is 1.63. The standard InChI is InChI=1S/C14H19NO2S/c1-9(11-5-3-7-17-11)15-14(16)13-8-10-4-2-6-12(10)18-13/h8-9,11H,2-7H2,1H3,(H,15,16)/t9-,11+/m0/s1. The van der Waals surface area contributed by atoms with Crippen molar-refractivity contribution in [3.63, 3.8) is 0 Å². The van der Waals surface area contributed by atoms with E-state index >= 15 is 0 Å². The fraction of sp³-hybridized carbons (Fsp3) is 0.643. The van der Waals surface area contributed by atoms with Crippen molar-refractivity contribution in [2.24, 2.45) is 0 Å². The van der Waals surface area contributed by atoms with E-state index in [1.165, 1.54) is 16.9 Å². The van der Waals surface area contributed by atoms with E-state index in [-0.39, 0.29) is 18.1 Å². The summed E-state index contributed by atoms with van der Waals surface area (Å²) in [5, 5.41) is 3.07. The summed E-state index contributed by atoms with van der Waals surface area (Å²) in [6.45, 7) is 2.87. The molecule has 0 aromatic carbocycles. The summed E-state index contributed by atoms with van der Waals surface area (Å²) in [6, 6.07) is 2.18. The summed E-state index contributed by atoms with van der Waals surface area (Å²) < 4.78 is 5.60. The third kappa shape index (κ3) is 2.31. The van der Waals surface area contributed by atoms with E-state index in [0.29, 0.717) is 0 Å². The van der Waals surface area contributed by atoms with E-state index in [0.717, 1.165) is 37.2 Å². The van der Waals surface area contributed by atoms with Crippen molar-refractivity contribution < 1.29 is 9.53 Å². The van der Waals surface area contributed by atoms with Gasteiger partial charge in [0.15, 0.2) is 0 Å². The van der Waals surface area contributed by atoms with Crippen molar-refractivity contribution >= 4 is 17.2 Å². The fourth-order valence-electron chi connectivity index (χ4n) is 2.81. The quantitative estimate of drug-likeness (QED) is 0.912. The Hall–Kier alpha value is -0.870. The number of hydrogen-bond donors (Lipinski definition) is 1. The molecule has 0 saturated carbocycles. The molecule has 1 N–H and O–H groups in total. The second kappa shape index (κ2) is 5.02. The molecule has 3 nitrogen and oxygen atoms in total. The average molecular weight is 265 g/mol. The number of aryl methyl sites for hydroxylation is 2. The van der Waals surface area contributed by atoms with E-state index in [9.17, 15) is 4.79 Å². The zero-order valence-corrected chi connectivity index (χ0v) is 11.5. The molecule has 0 unspecified atom stereocenters. The van der Waals surface area contributed by atoms with Crippen molar-refractivity contribution in [1.82, 2.24) is 5.32 Å². The Bertz CT molecular complexity index is 427. The summed E-state index contributed by atoms with van der Waals surface area (Å²) in [4.78, 5) is 14.4. The highest BCUT2D eigenvalue weighted by Gasteiger charge is 2.25. The normalized spacial score (nSPS) is 23.9. The van der Waals surface area contributed by atoms with Crippen LogP contribution in [-0.4, -0.2) is 24.7 Å². The van der Waals surface area contributed by atoms with E-state index in [1.807, 2.05) is 6.92 Å². The first-order valence-electron chi connectivity index (χ1n) is 6.78. The Morgan fingerprint density at radius 2 is 2.39 bits per heavy atom. The number of hydrogen-bond acceptors (Lipinski definition) is 3. The van der Waals surface area contributed by atoms with Gasteiger partial charge in [0.2, 0.25) is 0 Å². The summed E-state index contributed by atoms with van der Waals surface area (Å²) in [6.07, 6.45) is 5.89. The number of ether oxygens (including phenoxy) is 1. The van der Waals surface area contributed by atoms with E-state index in [1.54, 1.807) is 11.3 Å². The van der Waals surface area contributed by atoms with Crippen LogP contribution in [0.2, 0.25) is 0 Å². The molecule has 1 fully saturated rings. The maximum absolute atomic E-state index is 12.2. The fourth-order valence-corrected chi connectivity index (χ4v) is 3.97. The molecule has 1 saturated heterocycles. The first kappa shape index (κ1) is 12.2. The van der Waals surface area contributed by atoms with Crippen LogP contribution in [0.5, 0.6) is 0 Å². The maximum Gasteiger partial charge on any atom is 0.261 e. The second-order valence-corrected chi connectivity index (χ2v) is 6.36. The van der Waals surface area contributed by atoms with Crippen LogP contribution in [0, 0.1) is 0 Å². The van der Waals surface area contributed by atoms with Gasteiger partial charge in [-0.05, 0) is 50.7 Å². The maximum atomic E-state index is 12.2. The summed E-state index contributed by atoms with van der Waals surface area (Å²) in [5.41, 5.74) is 1.38. The Labute approximate surface area is 112 Å². The topological polar surface area (TPSA) is 38.3 Å². The highest BCUT2D eigenvalue weighted by molar-refractivity contribution is 7.14. The summed E-state index contributed by atoms with van der Waals surface area (Å²) in [5.74, 6) is 0.0670. The average Bonchev–Trinajstić information content (AvgIpc) is 3.05. The lowest BCUT2D eigenvalue weighted by molar-refractivity contribution is 0.0714. The van der Waals surface area contributed by atoms with Gasteiger partial charge >= 0.3 is 0 Å². The van der Waals surface area contributed by atoms with Crippen molar-refractivity contribution in [2.45, 2.75) is 51.2 Å². The molecule has 18 heavy (non-hydrogen) atoms. The van der Waals surface area contributed by atoms with Gasteiger partial charge in [-0.15, -0.1) is 11.3 Å². The number of amides is 1. The molecule has 1 aromatic heterocycles. The smallest absolute Gasteiger partial charge is 0.261 e. The lowest BCUT2D eigenvalue weighted by Crippen LogP contribution is -2.40. The number of carbonyl (C=O) groups is 1. The molecule has 3 rings (SSSR count). The third-order valence-electron chi connectivity index (χ3n) is 3.85. The molecular formula is C14H19NO2S. The highest BCUT2D eigenvalue weighted by atomic mass is 32.1. The largest absolute Gasteiger partial charge is 0.376 e. The molecule has 0 spiro atoms. The van der Waals surface area contributed by atoms with Gasteiger partial charge in [-0.1, -0.05) is 0 Å². The number of thiophene rings is 1. The van der Waals surface area contributed by atoms with Crippen molar-refractivity contribution in [3.8, 4) is 0 Å². The molecule has 2 aliphatic rings. The predicted octanol–water partition coefficient (Wildman–Crippen LogP) is 2.53. The van der Waals surface area contributed by atoms with Crippen LogP contribution in [0.15, 0.2) is 6.07 Å². The number of carbonyl (C=O) groups excluding carboxylic acids is 1. The summed E-state index contributed by atoms with van der Waals surface area (Å²) in [7, 11) is 0. The molecule has 98 valence electrons. The van der Waals surface area contributed by atoms with Crippen molar-refractivity contribution in [3.05, 3.63) is 21.4 Å². The van der Waals surface area contributed by atoms with E-state index in [2.05, 4.69) is 11.4 Å². The van der Waals surface area contributed by atoms with Gasteiger partial charge in [-0.2, -0.15) is 0 Å². The minimum Gasteiger partial charge on any atom is -0.376 e. The molecule has 2 heterocycles. The van der Waals surface area contributed by atoms with Crippen LogP contribution < -0.4 is 5.32 Å². The first-order valence-corrected chi connectivity index (χ1v) is 7.60.